The van der Waals surface area contributed by atoms with E-state index < -0.39 is 10.1 Å². The first-order chi connectivity index (χ1) is 17.2. The van der Waals surface area contributed by atoms with E-state index in [1.54, 1.807) is 25.3 Å². The Bertz CT molecular complexity index is 1320. The number of anilines is 1. The third kappa shape index (κ3) is 7.80. The van der Waals surface area contributed by atoms with E-state index in [0.29, 0.717) is 29.3 Å². The molecule has 1 amide bonds. The van der Waals surface area contributed by atoms with Crippen LogP contribution in [0.4, 0.5) is 5.69 Å². The Morgan fingerprint density at radius 2 is 1.78 bits per heavy atom. The molecule has 3 aromatic rings. The predicted molar refractivity (Wildman–Crippen MR) is 139 cm³/mol. The summed E-state index contributed by atoms with van der Waals surface area (Å²) in [6.07, 6.45) is 2.90. The van der Waals surface area contributed by atoms with Crippen LogP contribution < -0.4 is 20.4 Å². The van der Waals surface area contributed by atoms with Gasteiger partial charge in [0.05, 0.1) is 36.3 Å². The minimum absolute atomic E-state index is 0.150. The van der Waals surface area contributed by atoms with Gasteiger partial charge in [-0.25, -0.2) is 0 Å². The molecule has 2 N–H and O–H groups in total. The minimum Gasteiger partial charge on any atom is -0.495 e. The molecule has 194 valence electrons. The molecule has 1 aromatic heterocycles. The predicted octanol–water partition coefficient (Wildman–Crippen LogP) is 2.25. The maximum absolute atomic E-state index is 12.6. The second-order valence-electron chi connectivity index (χ2n) is 8.31. The summed E-state index contributed by atoms with van der Waals surface area (Å²) in [4.78, 5) is 29.3. The zero-order valence-electron chi connectivity index (χ0n) is 20.3. The fourth-order valence-electron chi connectivity index (χ4n) is 3.99. The molecule has 0 spiro atoms. The van der Waals surface area contributed by atoms with Crippen molar-refractivity contribution in [2.45, 2.75) is 6.42 Å². The molecule has 2 aromatic carbocycles. The average Bonchev–Trinajstić information content (AvgIpc) is 2.86. The highest BCUT2D eigenvalue weighted by atomic mass is 32.2. The van der Waals surface area contributed by atoms with Crippen LogP contribution in [0, 0.1) is 0 Å². The van der Waals surface area contributed by atoms with Crippen molar-refractivity contribution in [3.63, 3.8) is 0 Å². The third-order valence-electron chi connectivity index (χ3n) is 5.67. The van der Waals surface area contributed by atoms with Crippen molar-refractivity contribution in [2.75, 3.05) is 57.5 Å². The van der Waals surface area contributed by atoms with Crippen molar-refractivity contribution in [1.29, 1.82) is 0 Å². The van der Waals surface area contributed by atoms with Crippen LogP contribution >= 0.6 is 0 Å². The lowest BCUT2D eigenvalue weighted by molar-refractivity contribution is 0.0952. The molecule has 1 aliphatic heterocycles. The molecule has 0 saturated carbocycles. The number of rotatable bonds is 7. The van der Waals surface area contributed by atoms with Crippen LogP contribution in [0.25, 0.3) is 11.0 Å². The third-order valence-corrected chi connectivity index (χ3v) is 5.67. The van der Waals surface area contributed by atoms with E-state index in [2.05, 4.69) is 21.2 Å². The van der Waals surface area contributed by atoms with E-state index in [9.17, 15) is 18.0 Å². The summed E-state index contributed by atoms with van der Waals surface area (Å²) >= 11 is 0. The zero-order valence-corrected chi connectivity index (χ0v) is 21.2. The van der Waals surface area contributed by atoms with Gasteiger partial charge in [0.25, 0.3) is 16.0 Å². The van der Waals surface area contributed by atoms with Crippen LogP contribution in [0.3, 0.4) is 0 Å². The van der Waals surface area contributed by atoms with Crippen molar-refractivity contribution in [1.82, 2.24) is 10.2 Å². The van der Waals surface area contributed by atoms with E-state index in [-0.39, 0.29) is 11.3 Å². The lowest BCUT2D eigenvalue weighted by Gasteiger charge is -2.36. The fraction of sp³-hybridized carbons (Fsp3) is 0.360. The van der Waals surface area contributed by atoms with Gasteiger partial charge in [-0.3, -0.25) is 19.0 Å². The molecule has 0 radical (unpaired) electrons. The molecular formula is C25H31N3O7S. The van der Waals surface area contributed by atoms with Crippen LogP contribution in [-0.2, 0) is 10.1 Å². The lowest BCUT2D eigenvalue weighted by atomic mass is 10.1. The Hall–Kier alpha value is -3.41. The summed E-state index contributed by atoms with van der Waals surface area (Å²) in [6.45, 7) is 5.33. The number of benzene rings is 2. The number of hydrogen-bond acceptors (Lipinski definition) is 8. The van der Waals surface area contributed by atoms with Crippen molar-refractivity contribution in [3.05, 3.63) is 70.6 Å². The Labute approximate surface area is 210 Å². The highest BCUT2D eigenvalue weighted by molar-refractivity contribution is 7.85. The monoisotopic (exact) mass is 517 g/mol. The Morgan fingerprint density at radius 3 is 2.47 bits per heavy atom. The van der Waals surface area contributed by atoms with Gasteiger partial charge in [-0.05, 0) is 37.2 Å². The maximum Gasteiger partial charge on any atom is 0.261 e. The van der Waals surface area contributed by atoms with Gasteiger partial charge >= 0.3 is 0 Å². The Kier molecular flexibility index (Phi) is 9.45. The number of ether oxygens (including phenoxy) is 1. The average molecular weight is 518 g/mol. The van der Waals surface area contributed by atoms with Gasteiger partial charge in [0.2, 0.25) is 0 Å². The van der Waals surface area contributed by atoms with Crippen molar-refractivity contribution in [3.8, 4) is 5.75 Å². The fourth-order valence-corrected chi connectivity index (χ4v) is 3.99. The molecule has 4 rings (SSSR count). The van der Waals surface area contributed by atoms with Crippen molar-refractivity contribution in [2.24, 2.45) is 0 Å². The molecule has 10 nitrogen and oxygen atoms in total. The van der Waals surface area contributed by atoms with Gasteiger partial charge in [-0.2, -0.15) is 8.42 Å². The van der Waals surface area contributed by atoms with Gasteiger partial charge < -0.3 is 19.4 Å². The van der Waals surface area contributed by atoms with Crippen LogP contribution in [0.1, 0.15) is 16.8 Å². The van der Waals surface area contributed by atoms with E-state index in [4.69, 9.17) is 13.7 Å². The summed E-state index contributed by atoms with van der Waals surface area (Å²) in [6, 6.07) is 14.5. The summed E-state index contributed by atoms with van der Waals surface area (Å²) in [7, 11) is -1.96. The first-order valence-electron chi connectivity index (χ1n) is 11.5. The van der Waals surface area contributed by atoms with Gasteiger partial charge in [0, 0.05) is 38.8 Å². The summed E-state index contributed by atoms with van der Waals surface area (Å²) < 4.78 is 36.8. The molecular weight excluding hydrogens is 486 g/mol. The van der Waals surface area contributed by atoms with Crippen molar-refractivity contribution >= 4 is 32.7 Å². The molecule has 2 heterocycles. The van der Waals surface area contributed by atoms with Crippen LogP contribution in [0.5, 0.6) is 5.75 Å². The number of methoxy groups -OCH3 is 1. The minimum atomic E-state index is -3.67. The first kappa shape index (κ1) is 27.2. The molecule has 0 atom stereocenters. The van der Waals surface area contributed by atoms with E-state index >= 15 is 0 Å². The molecule has 36 heavy (non-hydrogen) atoms. The smallest absolute Gasteiger partial charge is 0.261 e. The number of carbonyl (C=O) groups excluding carboxylic acids is 1. The van der Waals surface area contributed by atoms with E-state index in [1.807, 2.05) is 18.2 Å². The molecule has 1 fully saturated rings. The number of piperazine rings is 1. The molecule has 11 heteroatoms. The number of amides is 1. The summed E-state index contributed by atoms with van der Waals surface area (Å²) in [5, 5.41) is 3.36. The standard InChI is InChI=1S/C24H27N3O4.CH4O3S/c1-30-22-9-3-2-8-20(22)27-15-13-26(14-16-27)12-5-11-25-24(29)19-7-4-6-18-21(28)10-17-31-23(18)19;1-5(2,3)4/h2-4,6-10,17H,5,11-16H2,1H3,(H,25,29);1H3,(H,2,3,4). The number of fused-ring (bicyclic) bond motifs is 1. The SMILES string of the molecule is COc1ccccc1N1CCN(CCCNC(=O)c2cccc3c(=O)ccoc23)CC1.CS(=O)(=O)O. The summed E-state index contributed by atoms with van der Waals surface area (Å²) in [5.41, 5.74) is 1.71. The van der Waals surface area contributed by atoms with Gasteiger partial charge in [-0.15, -0.1) is 0 Å². The van der Waals surface area contributed by atoms with Gasteiger partial charge in [0.15, 0.2) is 5.43 Å². The molecule has 0 bridgehead atoms. The Morgan fingerprint density at radius 1 is 1.08 bits per heavy atom. The molecule has 1 saturated heterocycles. The molecule has 1 aliphatic rings. The highest BCUT2D eigenvalue weighted by Gasteiger charge is 2.19. The second-order valence-corrected chi connectivity index (χ2v) is 9.78. The Balaban J connectivity index is 0.000000658. The quantitative estimate of drug-likeness (QED) is 0.358. The number of carbonyl (C=O) groups is 1. The van der Waals surface area contributed by atoms with Gasteiger partial charge in [0.1, 0.15) is 11.3 Å². The summed E-state index contributed by atoms with van der Waals surface area (Å²) in [5.74, 6) is 0.684. The van der Waals surface area contributed by atoms with E-state index in [1.165, 1.54) is 12.3 Å². The second kappa shape index (κ2) is 12.5. The largest absolute Gasteiger partial charge is 0.495 e. The first-order valence-corrected chi connectivity index (χ1v) is 13.3. The van der Waals surface area contributed by atoms with Crippen LogP contribution in [-0.4, -0.2) is 76.4 Å². The molecule has 0 unspecified atom stereocenters. The van der Waals surface area contributed by atoms with Crippen LogP contribution in [0.2, 0.25) is 0 Å². The number of hydrogen-bond donors (Lipinski definition) is 2. The highest BCUT2D eigenvalue weighted by Crippen LogP contribution is 2.28. The number of para-hydroxylation sites is 3. The number of nitrogens with zero attached hydrogens (tertiary/aromatic N) is 2. The van der Waals surface area contributed by atoms with Crippen molar-refractivity contribution < 1.29 is 26.9 Å². The number of nitrogens with one attached hydrogen (secondary N) is 1. The lowest BCUT2D eigenvalue weighted by Crippen LogP contribution is -2.47. The molecule has 0 aliphatic carbocycles. The maximum atomic E-state index is 12.6. The normalized spacial score (nSPS) is 14.1. The van der Waals surface area contributed by atoms with E-state index in [0.717, 1.165) is 50.6 Å². The zero-order chi connectivity index (χ0) is 26.1. The van der Waals surface area contributed by atoms with Crippen LogP contribution in [0.15, 0.2) is 64.0 Å². The topological polar surface area (TPSA) is 129 Å². The van der Waals surface area contributed by atoms with Gasteiger partial charge in [-0.1, -0.05) is 18.2 Å².